The van der Waals surface area contributed by atoms with E-state index in [0.29, 0.717) is 23.5 Å². The number of aryl methyl sites for hydroxylation is 1. The van der Waals surface area contributed by atoms with Gasteiger partial charge in [-0.15, -0.1) is 0 Å². The minimum Gasteiger partial charge on any atom is -0.497 e. The van der Waals surface area contributed by atoms with Gasteiger partial charge in [0.2, 0.25) is 11.8 Å². The third-order valence-electron chi connectivity index (χ3n) is 8.45. The van der Waals surface area contributed by atoms with Gasteiger partial charge >= 0.3 is 0 Å². The monoisotopic (exact) mass is 666 g/mol. The van der Waals surface area contributed by atoms with Crippen LogP contribution in [-0.2, 0) is 26.2 Å². The highest BCUT2D eigenvalue weighted by molar-refractivity contribution is 7.92. The predicted octanol–water partition coefficient (Wildman–Crippen LogP) is 5.37. The lowest BCUT2D eigenvalue weighted by molar-refractivity contribution is -0.385. The van der Waals surface area contributed by atoms with Crippen molar-refractivity contribution in [2.45, 2.75) is 75.9 Å². The van der Waals surface area contributed by atoms with Gasteiger partial charge in [0, 0.05) is 24.2 Å². The zero-order chi connectivity index (χ0) is 34.1. The standard InChI is InChI=1S/C34H42N4O8S/c1-5-31(34(40)35-26-9-7-6-8-10-26)36(22-25-12-16-28(45-3)17-13-25)33(39)23-37(27-14-18-29(46-4)19-15-27)47(43,44)30-20-11-24(2)32(21-30)38(41)42/h11-21,26,31H,5-10,22-23H2,1-4H3,(H,35,40)/t31-/m1/s1. The molecule has 1 saturated carbocycles. The van der Waals surface area contributed by atoms with Crippen LogP contribution < -0.4 is 19.1 Å². The summed E-state index contributed by atoms with van der Waals surface area (Å²) in [4.78, 5) is 40.2. The van der Waals surface area contributed by atoms with Crippen LogP contribution in [0.5, 0.6) is 11.5 Å². The number of sulfonamides is 1. The van der Waals surface area contributed by atoms with Crippen molar-refractivity contribution in [1.29, 1.82) is 0 Å². The molecule has 47 heavy (non-hydrogen) atoms. The number of nitro benzene ring substituents is 1. The van der Waals surface area contributed by atoms with Crippen LogP contribution in [0.1, 0.15) is 56.6 Å². The number of carbonyl (C=O) groups excluding carboxylic acids is 2. The second-order valence-corrected chi connectivity index (χ2v) is 13.4. The Labute approximate surface area is 275 Å². The number of ether oxygens (including phenoxy) is 2. The normalized spacial score (nSPS) is 14.1. The van der Waals surface area contributed by atoms with E-state index in [1.165, 1.54) is 43.2 Å². The van der Waals surface area contributed by atoms with Gasteiger partial charge in [-0.05, 0) is 74.2 Å². The number of hydrogen-bond acceptors (Lipinski definition) is 8. The molecule has 252 valence electrons. The lowest BCUT2D eigenvalue weighted by Gasteiger charge is -2.34. The van der Waals surface area contributed by atoms with Crippen LogP contribution in [-0.4, -0.2) is 62.9 Å². The van der Waals surface area contributed by atoms with E-state index in [-0.39, 0.29) is 34.8 Å². The summed E-state index contributed by atoms with van der Waals surface area (Å²) in [7, 11) is -1.49. The third-order valence-corrected chi connectivity index (χ3v) is 10.2. The van der Waals surface area contributed by atoms with Crippen molar-refractivity contribution in [3.8, 4) is 11.5 Å². The predicted molar refractivity (Wildman–Crippen MR) is 178 cm³/mol. The minimum atomic E-state index is -4.51. The van der Waals surface area contributed by atoms with E-state index >= 15 is 0 Å². The van der Waals surface area contributed by atoms with E-state index in [0.717, 1.165) is 48.0 Å². The summed E-state index contributed by atoms with van der Waals surface area (Å²) >= 11 is 0. The average Bonchev–Trinajstić information content (AvgIpc) is 3.07. The molecule has 3 aromatic carbocycles. The Balaban J connectivity index is 1.75. The third kappa shape index (κ3) is 8.59. The molecular weight excluding hydrogens is 624 g/mol. The lowest BCUT2D eigenvalue weighted by atomic mass is 9.95. The number of rotatable bonds is 14. The Bertz CT molecular complexity index is 1660. The fourth-order valence-electron chi connectivity index (χ4n) is 5.74. The van der Waals surface area contributed by atoms with Gasteiger partial charge in [-0.1, -0.05) is 44.4 Å². The van der Waals surface area contributed by atoms with Gasteiger partial charge in [0.15, 0.2) is 0 Å². The summed E-state index contributed by atoms with van der Waals surface area (Å²) < 4.78 is 39.8. The number of nitro groups is 1. The van der Waals surface area contributed by atoms with E-state index in [9.17, 15) is 28.1 Å². The van der Waals surface area contributed by atoms with Crippen LogP contribution in [0.3, 0.4) is 0 Å². The van der Waals surface area contributed by atoms with Crippen LogP contribution >= 0.6 is 0 Å². The molecule has 13 heteroatoms. The molecule has 12 nitrogen and oxygen atoms in total. The SMILES string of the molecule is CC[C@H](C(=O)NC1CCCCC1)N(Cc1ccc(OC)cc1)C(=O)CN(c1ccc(OC)cc1)S(=O)(=O)c1ccc(C)c([N+](=O)[O-])c1. The molecule has 0 aromatic heterocycles. The smallest absolute Gasteiger partial charge is 0.273 e. The molecule has 3 aromatic rings. The number of carbonyl (C=O) groups is 2. The first-order valence-corrected chi connectivity index (χ1v) is 17.1. The van der Waals surface area contributed by atoms with Crippen molar-refractivity contribution < 1.29 is 32.4 Å². The summed E-state index contributed by atoms with van der Waals surface area (Å²) in [5.41, 5.74) is 0.794. The molecule has 0 heterocycles. The van der Waals surface area contributed by atoms with Crippen molar-refractivity contribution in [2.24, 2.45) is 0 Å². The number of benzene rings is 3. The highest BCUT2D eigenvalue weighted by Gasteiger charge is 2.35. The first kappa shape index (κ1) is 35.2. The maximum Gasteiger partial charge on any atom is 0.273 e. The number of nitrogens with zero attached hydrogens (tertiary/aromatic N) is 3. The molecule has 1 N–H and O–H groups in total. The highest BCUT2D eigenvalue weighted by atomic mass is 32.2. The molecule has 0 radical (unpaired) electrons. The molecule has 0 aliphatic heterocycles. The molecule has 1 aliphatic rings. The first-order valence-electron chi connectivity index (χ1n) is 15.6. The Hall–Kier alpha value is -4.65. The second kappa shape index (κ2) is 15.8. The molecular formula is C34H42N4O8S. The van der Waals surface area contributed by atoms with Crippen LogP contribution in [0, 0.1) is 17.0 Å². The van der Waals surface area contributed by atoms with Crippen LogP contribution in [0.4, 0.5) is 11.4 Å². The average molecular weight is 667 g/mol. The largest absolute Gasteiger partial charge is 0.497 e. The van der Waals surface area contributed by atoms with Gasteiger partial charge in [0.25, 0.3) is 15.7 Å². The first-order chi connectivity index (χ1) is 22.5. The lowest BCUT2D eigenvalue weighted by Crippen LogP contribution is -2.54. The summed E-state index contributed by atoms with van der Waals surface area (Å²) in [6, 6.07) is 15.9. The quantitative estimate of drug-likeness (QED) is 0.178. The molecule has 1 atom stereocenters. The molecule has 0 saturated heterocycles. The van der Waals surface area contributed by atoms with Crippen LogP contribution in [0.25, 0.3) is 0 Å². The number of methoxy groups -OCH3 is 2. The van der Waals surface area contributed by atoms with Crippen molar-refractivity contribution in [1.82, 2.24) is 10.2 Å². The molecule has 2 amide bonds. The summed E-state index contributed by atoms with van der Waals surface area (Å²) in [5, 5.41) is 14.8. The topological polar surface area (TPSA) is 148 Å². The Kier molecular flexibility index (Phi) is 11.8. The molecule has 0 spiro atoms. The summed E-state index contributed by atoms with van der Waals surface area (Å²) in [6.07, 6.45) is 5.16. The van der Waals surface area contributed by atoms with Crippen molar-refractivity contribution in [3.05, 3.63) is 88.0 Å². The maximum absolute atomic E-state index is 14.4. The summed E-state index contributed by atoms with van der Waals surface area (Å²) in [5.74, 6) is 0.175. The van der Waals surface area contributed by atoms with E-state index < -0.39 is 33.4 Å². The Morgan fingerprint density at radius 2 is 1.55 bits per heavy atom. The Morgan fingerprint density at radius 3 is 2.11 bits per heavy atom. The maximum atomic E-state index is 14.4. The Morgan fingerprint density at radius 1 is 0.957 bits per heavy atom. The van der Waals surface area contributed by atoms with Gasteiger partial charge < -0.3 is 19.7 Å². The zero-order valence-electron chi connectivity index (χ0n) is 27.2. The van der Waals surface area contributed by atoms with E-state index in [1.54, 1.807) is 43.5 Å². The molecule has 1 fully saturated rings. The van der Waals surface area contributed by atoms with Gasteiger partial charge in [-0.2, -0.15) is 0 Å². The zero-order valence-corrected chi connectivity index (χ0v) is 28.0. The number of anilines is 1. The van der Waals surface area contributed by atoms with Crippen molar-refractivity contribution in [2.75, 3.05) is 25.1 Å². The van der Waals surface area contributed by atoms with Gasteiger partial charge in [0.05, 0.1) is 29.7 Å². The van der Waals surface area contributed by atoms with E-state index in [1.807, 2.05) is 6.92 Å². The molecule has 4 rings (SSSR count). The number of hydrogen-bond donors (Lipinski definition) is 1. The van der Waals surface area contributed by atoms with E-state index in [2.05, 4.69) is 5.32 Å². The van der Waals surface area contributed by atoms with Crippen LogP contribution in [0.2, 0.25) is 0 Å². The van der Waals surface area contributed by atoms with Crippen molar-refractivity contribution in [3.63, 3.8) is 0 Å². The van der Waals surface area contributed by atoms with Gasteiger partial charge in [0.1, 0.15) is 24.1 Å². The fraction of sp³-hybridized carbons (Fsp3) is 0.412. The molecule has 0 unspecified atom stereocenters. The minimum absolute atomic E-state index is 0.0109. The highest BCUT2D eigenvalue weighted by Crippen LogP contribution is 2.30. The summed E-state index contributed by atoms with van der Waals surface area (Å²) in [6.45, 7) is 2.69. The van der Waals surface area contributed by atoms with E-state index in [4.69, 9.17) is 9.47 Å². The van der Waals surface area contributed by atoms with Crippen molar-refractivity contribution >= 4 is 33.2 Å². The molecule has 1 aliphatic carbocycles. The second-order valence-electron chi connectivity index (χ2n) is 11.6. The number of amides is 2. The van der Waals surface area contributed by atoms with Crippen LogP contribution in [0.15, 0.2) is 71.6 Å². The number of nitrogens with one attached hydrogen (secondary N) is 1. The molecule has 0 bridgehead atoms. The fourth-order valence-corrected chi connectivity index (χ4v) is 7.18. The van der Waals surface area contributed by atoms with Gasteiger partial charge in [-0.3, -0.25) is 24.0 Å². The van der Waals surface area contributed by atoms with Gasteiger partial charge in [-0.25, -0.2) is 8.42 Å².